The first-order valence-electron chi connectivity index (χ1n) is 6.83. The van der Waals surface area contributed by atoms with Gasteiger partial charge in [-0.1, -0.05) is 13.8 Å². The van der Waals surface area contributed by atoms with Crippen molar-refractivity contribution >= 4 is 21.6 Å². The highest BCUT2D eigenvalue weighted by Crippen LogP contribution is 2.30. The zero-order chi connectivity index (χ0) is 17.8. The Morgan fingerprint density at radius 3 is 2.13 bits per heavy atom. The Bertz CT molecular complexity index is 640. The van der Waals surface area contributed by atoms with Crippen LogP contribution in [0.15, 0.2) is 24.3 Å². The first-order chi connectivity index (χ1) is 10.4. The molecule has 130 valence electrons. The molecule has 1 amide bonds. The molecule has 0 atom stereocenters. The van der Waals surface area contributed by atoms with Crippen molar-refractivity contribution < 1.29 is 26.4 Å². The second-order valence-corrected chi connectivity index (χ2v) is 7.42. The molecule has 0 spiro atoms. The van der Waals surface area contributed by atoms with Crippen molar-refractivity contribution in [2.75, 3.05) is 23.7 Å². The van der Waals surface area contributed by atoms with Gasteiger partial charge in [0.05, 0.1) is 17.5 Å². The third-order valence-corrected chi connectivity index (χ3v) is 4.02. The van der Waals surface area contributed by atoms with Crippen molar-refractivity contribution in [1.29, 1.82) is 0 Å². The Balaban J connectivity index is 2.98. The summed E-state index contributed by atoms with van der Waals surface area (Å²) in [5.74, 6) is -0.333. The van der Waals surface area contributed by atoms with Gasteiger partial charge >= 0.3 is 6.18 Å². The normalized spacial score (nSPS) is 12.3. The van der Waals surface area contributed by atoms with E-state index in [1.54, 1.807) is 0 Å². The van der Waals surface area contributed by atoms with Gasteiger partial charge in [-0.25, -0.2) is 8.42 Å². The average molecular weight is 352 g/mol. The van der Waals surface area contributed by atoms with Crippen LogP contribution in [0.25, 0.3) is 0 Å². The average Bonchev–Trinajstić information content (AvgIpc) is 2.40. The SMILES string of the molecule is CC(C)CNC(=O)CN(c1ccc(C(F)(F)F)cc1)S(C)(=O)=O. The molecule has 0 aliphatic rings. The van der Waals surface area contributed by atoms with Crippen molar-refractivity contribution in [3.8, 4) is 0 Å². The lowest BCUT2D eigenvalue weighted by molar-refractivity contribution is -0.137. The molecule has 23 heavy (non-hydrogen) atoms. The van der Waals surface area contributed by atoms with E-state index in [1.807, 2.05) is 13.8 Å². The molecule has 0 radical (unpaired) electrons. The lowest BCUT2D eigenvalue weighted by Crippen LogP contribution is -2.41. The number of nitrogens with one attached hydrogen (secondary N) is 1. The molecule has 0 unspecified atom stereocenters. The molecule has 0 aromatic heterocycles. The van der Waals surface area contributed by atoms with E-state index in [1.165, 1.54) is 0 Å². The predicted molar refractivity (Wildman–Crippen MR) is 81.5 cm³/mol. The van der Waals surface area contributed by atoms with Gasteiger partial charge in [-0.2, -0.15) is 13.2 Å². The molecule has 1 N–H and O–H groups in total. The minimum absolute atomic E-state index is 0.000182. The van der Waals surface area contributed by atoms with Crippen LogP contribution in [0.3, 0.4) is 0 Å². The molecule has 9 heteroatoms. The summed E-state index contributed by atoms with van der Waals surface area (Å²) in [6.45, 7) is 3.65. The first-order valence-corrected chi connectivity index (χ1v) is 8.67. The van der Waals surface area contributed by atoms with E-state index in [-0.39, 0.29) is 11.6 Å². The molecule has 1 aromatic rings. The zero-order valence-electron chi connectivity index (χ0n) is 13.0. The van der Waals surface area contributed by atoms with Crippen LogP contribution in [0, 0.1) is 5.92 Å². The topological polar surface area (TPSA) is 66.5 Å². The maximum atomic E-state index is 12.5. The van der Waals surface area contributed by atoms with E-state index in [0.29, 0.717) is 6.54 Å². The summed E-state index contributed by atoms with van der Waals surface area (Å²) in [5.41, 5.74) is -0.890. The van der Waals surface area contributed by atoms with Gasteiger partial charge in [0.25, 0.3) is 0 Å². The van der Waals surface area contributed by atoms with Crippen molar-refractivity contribution in [3.63, 3.8) is 0 Å². The number of anilines is 1. The number of carbonyl (C=O) groups excluding carboxylic acids is 1. The molecule has 1 aromatic carbocycles. The van der Waals surface area contributed by atoms with E-state index >= 15 is 0 Å². The number of nitrogens with zero attached hydrogens (tertiary/aromatic N) is 1. The molecular formula is C14H19F3N2O3S. The van der Waals surface area contributed by atoms with Crippen LogP contribution in [0.2, 0.25) is 0 Å². The summed E-state index contributed by atoms with van der Waals surface area (Å²) in [6, 6.07) is 3.61. The number of amides is 1. The van der Waals surface area contributed by atoms with Gasteiger partial charge in [-0.3, -0.25) is 9.10 Å². The molecular weight excluding hydrogens is 333 g/mol. The number of benzene rings is 1. The molecule has 0 aliphatic carbocycles. The molecule has 0 saturated carbocycles. The van der Waals surface area contributed by atoms with Gasteiger partial charge in [0.1, 0.15) is 6.54 Å². The highest BCUT2D eigenvalue weighted by Gasteiger charge is 2.30. The molecule has 0 aliphatic heterocycles. The predicted octanol–water partition coefficient (Wildman–Crippen LogP) is 2.24. The van der Waals surface area contributed by atoms with Gasteiger partial charge in [0.2, 0.25) is 15.9 Å². The van der Waals surface area contributed by atoms with Crippen LogP contribution in [-0.2, 0) is 21.0 Å². The van der Waals surface area contributed by atoms with E-state index in [4.69, 9.17) is 0 Å². The number of halogens is 3. The van der Waals surface area contributed by atoms with Crippen molar-refractivity contribution in [2.24, 2.45) is 5.92 Å². The highest BCUT2D eigenvalue weighted by molar-refractivity contribution is 7.92. The Labute approximate surface area is 133 Å². The van der Waals surface area contributed by atoms with E-state index in [0.717, 1.165) is 34.8 Å². The van der Waals surface area contributed by atoms with Crippen LogP contribution in [0.5, 0.6) is 0 Å². The quantitative estimate of drug-likeness (QED) is 0.854. The van der Waals surface area contributed by atoms with Gasteiger partial charge in [0.15, 0.2) is 0 Å². The van der Waals surface area contributed by atoms with Gasteiger partial charge in [0, 0.05) is 6.54 Å². The molecule has 0 saturated heterocycles. The van der Waals surface area contributed by atoms with Crippen LogP contribution < -0.4 is 9.62 Å². The molecule has 0 fully saturated rings. The third kappa shape index (κ3) is 6.09. The van der Waals surface area contributed by atoms with Gasteiger partial charge in [-0.15, -0.1) is 0 Å². The summed E-state index contributed by atoms with van der Waals surface area (Å²) in [5, 5.41) is 2.57. The second-order valence-electron chi connectivity index (χ2n) is 5.51. The van der Waals surface area contributed by atoms with Gasteiger partial charge < -0.3 is 5.32 Å². The summed E-state index contributed by atoms with van der Waals surface area (Å²) in [6.07, 6.45) is -3.62. The largest absolute Gasteiger partial charge is 0.416 e. The summed E-state index contributed by atoms with van der Waals surface area (Å²) in [4.78, 5) is 11.8. The number of alkyl halides is 3. The van der Waals surface area contributed by atoms with Crippen LogP contribution in [0.4, 0.5) is 18.9 Å². The molecule has 0 bridgehead atoms. The number of carbonyl (C=O) groups is 1. The van der Waals surface area contributed by atoms with Gasteiger partial charge in [-0.05, 0) is 30.2 Å². The zero-order valence-corrected chi connectivity index (χ0v) is 13.8. The number of rotatable bonds is 6. The standard InChI is InChI=1S/C14H19F3N2O3S/c1-10(2)8-18-13(20)9-19(23(3,21)22)12-6-4-11(5-7-12)14(15,16)17/h4-7,10H,8-9H2,1-3H3,(H,18,20). The fraction of sp³-hybridized carbons (Fsp3) is 0.500. The maximum absolute atomic E-state index is 12.5. The third-order valence-electron chi connectivity index (χ3n) is 2.88. The number of hydrogen-bond acceptors (Lipinski definition) is 3. The molecule has 5 nitrogen and oxygen atoms in total. The fourth-order valence-electron chi connectivity index (χ4n) is 1.72. The van der Waals surface area contributed by atoms with Crippen molar-refractivity contribution in [2.45, 2.75) is 20.0 Å². The first kappa shape index (κ1) is 19.3. The van der Waals surface area contributed by atoms with Crippen molar-refractivity contribution in [1.82, 2.24) is 5.32 Å². The smallest absolute Gasteiger partial charge is 0.354 e. The summed E-state index contributed by atoms with van der Waals surface area (Å²) >= 11 is 0. The Kier molecular flexibility index (Phi) is 6.04. The van der Waals surface area contributed by atoms with Crippen LogP contribution in [0.1, 0.15) is 19.4 Å². The Morgan fingerprint density at radius 1 is 1.22 bits per heavy atom. The number of hydrogen-bond donors (Lipinski definition) is 1. The Hall–Kier alpha value is -1.77. The lowest BCUT2D eigenvalue weighted by atomic mass is 10.2. The van der Waals surface area contributed by atoms with E-state index in [2.05, 4.69) is 5.32 Å². The molecule has 1 rings (SSSR count). The minimum Gasteiger partial charge on any atom is -0.354 e. The summed E-state index contributed by atoms with van der Waals surface area (Å²) in [7, 11) is -3.81. The van der Waals surface area contributed by atoms with Crippen molar-refractivity contribution in [3.05, 3.63) is 29.8 Å². The van der Waals surface area contributed by atoms with E-state index in [9.17, 15) is 26.4 Å². The Morgan fingerprint density at radius 2 is 1.74 bits per heavy atom. The summed E-state index contributed by atoms with van der Waals surface area (Å²) < 4.78 is 62.0. The number of sulfonamides is 1. The highest BCUT2D eigenvalue weighted by atomic mass is 32.2. The lowest BCUT2D eigenvalue weighted by Gasteiger charge is -2.22. The van der Waals surface area contributed by atoms with E-state index < -0.39 is 34.2 Å². The maximum Gasteiger partial charge on any atom is 0.416 e. The van der Waals surface area contributed by atoms with Crippen LogP contribution >= 0.6 is 0 Å². The molecule has 0 heterocycles. The second kappa shape index (κ2) is 7.20. The van der Waals surface area contributed by atoms with Crippen LogP contribution in [-0.4, -0.2) is 33.7 Å². The monoisotopic (exact) mass is 352 g/mol. The fourth-order valence-corrected chi connectivity index (χ4v) is 2.58. The minimum atomic E-state index is -4.51.